The lowest BCUT2D eigenvalue weighted by Gasteiger charge is -2.23. The molecule has 1 unspecified atom stereocenters. The Morgan fingerprint density at radius 3 is 2.47 bits per heavy atom. The number of thioether (sulfide) groups is 1. The smallest absolute Gasteiger partial charge is 0.331 e. The molecule has 1 aliphatic rings. The molecule has 0 aliphatic carbocycles. The van der Waals surface area contributed by atoms with E-state index < -0.39 is 23.7 Å². The summed E-state index contributed by atoms with van der Waals surface area (Å²) in [7, 11) is 0. The van der Waals surface area contributed by atoms with E-state index in [-0.39, 0.29) is 21.5 Å². The number of aliphatic carboxylic acids is 1. The third-order valence-electron chi connectivity index (χ3n) is 5.05. The second-order valence-corrected chi connectivity index (χ2v) is 9.34. The molecule has 0 aromatic heterocycles. The molecule has 34 heavy (non-hydrogen) atoms. The van der Waals surface area contributed by atoms with Crippen LogP contribution >= 0.6 is 35.6 Å². The Balaban J connectivity index is 1.49. The van der Waals surface area contributed by atoms with Crippen LogP contribution in [0.1, 0.15) is 22.7 Å². The highest BCUT2D eigenvalue weighted by Crippen LogP contribution is 2.38. The van der Waals surface area contributed by atoms with E-state index in [0.29, 0.717) is 21.8 Å². The normalized spacial score (nSPS) is 15.6. The Bertz CT molecular complexity index is 1260. The molecule has 1 N–H and O–H groups in total. The number of halogens is 2. The van der Waals surface area contributed by atoms with Gasteiger partial charge in [0.2, 0.25) is 0 Å². The van der Waals surface area contributed by atoms with Gasteiger partial charge in [-0.05, 0) is 41.5 Å². The largest absolute Gasteiger partial charge is 0.489 e. The number of rotatable bonds is 7. The predicted octanol–water partition coefficient (Wildman–Crippen LogP) is 6.09. The fourth-order valence-corrected chi connectivity index (χ4v) is 4.91. The van der Waals surface area contributed by atoms with Crippen molar-refractivity contribution in [1.82, 2.24) is 4.90 Å². The van der Waals surface area contributed by atoms with Gasteiger partial charge in [-0.1, -0.05) is 84.1 Å². The summed E-state index contributed by atoms with van der Waals surface area (Å²) >= 11 is 12.4. The van der Waals surface area contributed by atoms with Gasteiger partial charge in [-0.3, -0.25) is 9.69 Å². The average Bonchev–Trinajstić information content (AvgIpc) is 3.08. The Kier molecular flexibility index (Phi) is 7.31. The molecular weight excluding hydrogens is 497 g/mol. The maximum atomic E-state index is 13.9. The molecule has 4 rings (SSSR count). The second kappa shape index (κ2) is 10.4. The molecule has 0 saturated carbocycles. The lowest BCUT2D eigenvalue weighted by molar-refractivity contribution is -0.145. The molecule has 172 valence electrons. The first-order chi connectivity index (χ1) is 16.3. The number of hydrogen-bond acceptors (Lipinski definition) is 5. The van der Waals surface area contributed by atoms with E-state index in [4.69, 9.17) is 28.6 Å². The minimum absolute atomic E-state index is 0.0282. The van der Waals surface area contributed by atoms with Crippen LogP contribution in [0.25, 0.3) is 6.08 Å². The third kappa shape index (κ3) is 5.14. The van der Waals surface area contributed by atoms with Gasteiger partial charge >= 0.3 is 5.97 Å². The molecule has 0 bridgehead atoms. The minimum atomic E-state index is -1.21. The highest BCUT2D eigenvalue weighted by Gasteiger charge is 2.41. The summed E-state index contributed by atoms with van der Waals surface area (Å²) in [5.41, 5.74) is 1.43. The summed E-state index contributed by atoms with van der Waals surface area (Å²) in [6, 6.07) is 18.5. The molecule has 9 heteroatoms. The molecule has 1 fully saturated rings. The molecule has 0 radical (unpaired) electrons. The Hall–Kier alpha value is -3.20. The third-order valence-corrected chi connectivity index (χ3v) is 6.74. The van der Waals surface area contributed by atoms with Crippen molar-refractivity contribution in [2.75, 3.05) is 0 Å². The molecule has 0 spiro atoms. The maximum Gasteiger partial charge on any atom is 0.331 e. The van der Waals surface area contributed by atoms with Crippen molar-refractivity contribution in [3.63, 3.8) is 0 Å². The van der Waals surface area contributed by atoms with Crippen LogP contribution in [-0.2, 0) is 16.2 Å². The van der Waals surface area contributed by atoms with Gasteiger partial charge in [0.15, 0.2) is 6.04 Å². The SMILES string of the molecule is O=C(O)C(c1ccccc1)N1C(=O)/C(=C\c2ccc(OCc3c(F)cccc3Cl)cc2)SC1=S. The van der Waals surface area contributed by atoms with Crippen LogP contribution in [0.2, 0.25) is 5.02 Å². The van der Waals surface area contributed by atoms with E-state index in [2.05, 4.69) is 0 Å². The van der Waals surface area contributed by atoms with Crippen molar-refractivity contribution >= 4 is 57.9 Å². The van der Waals surface area contributed by atoms with Crippen molar-refractivity contribution in [2.24, 2.45) is 0 Å². The number of amides is 1. The van der Waals surface area contributed by atoms with Crippen molar-refractivity contribution < 1.29 is 23.8 Å². The highest BCUT2D eigenvalue weighted by atomic mass is 35.5. The molecule has 3 aromatic rings. The first-order valence-corrected chi connectivity index (χ1v) is 11.7. The molecule has 1 saturated heterocycles. The Morgan fingerprint density at radius 1 is 1.12 bits per heavy atom. The zero-order valence-corrected chi connectivity index (χ0v) is 19.9. The number of nitrogens with zero attached hydrogens (tertiary/aromatic N) is 1. The number of carboxylic acids is 1. The summed E-state index contributed by atoms with van der Waals surface area (Å²) in [5, 5.41) is 10.1. The van der Waals surface area contributed by atoms with Gasteiger partial charge in [-0.25, -0.2) is 9.18 Å². The van der Waals surface area contributed by atoms with E-state index in [9.17, 15) is 19.1 Å². The van der Waals surface area contributed by atoms with E-state index in [0.717, 1.165) is 16.7 Å². The summed E-state index contributed by atoms with van der Waals surface area (Å²) in [4.78, 5) is 26.4. The Morgan fingerprint density at radius 2 is 1.82 bits per heavy atom. The van der Waals surface area contributed by atoms with E-state index in [1.165, 1.54) is 12.1 Å². The molecule has 1 amide bonds. The van der Waals surface area contributed by atoms with Gasteiger partial charge < -0.3 is 9.84 Å². The number of thiocarbonyl (C=S) groups is 1. The van der Waals surface area contributed by atoms with Crippen molar-refractivity contribution in [1.29, 1.82) is 0 Å². The quantitative estimate of drug-likeness (QED) is 0.305. The van der Waals surface area contributed by atoms with E-state index >= 15 is 0 Å². The lowest BCUT2D eigenvalue weighted by atomic mass is 10.1. The zero-order chi connectivity index (χ0) is 24.2. The maximum absolute atomic E-state index is 13.9. The minimum Gasteiger partial charge on any atom is -0.489 e. The van der Waals surface area contributed by atoms with Crippen molar-refractivity contribution in [3.05, 3.63) is 105 Å². The fraction of sp³-hybridized carbons (Fsp3) is 0.0800. The Labute approximate surface area is 209 Å². The number of hydrogen-bond donors (Lipinski definition) is 1. The van der Waals surface area contributed by atoms with Gasteiger partial charge in [-0.2, -0.15) is 0 Å². The number of carbonyl (C=O) groups excluding carboxylic acids is 1. The predicted molar refractivity (Wildman–Crippen MR) is 134 cm³/mol. The molecule has 1 atom stereocenters. The van der Waals surface area contributed by atoms with Crippen molar-refractivity contribution in [2.45, 2.75) is 12.6 Å². The van der Waals surface area contributed by atoms with Gasteiger partial charge in [0.1, 0.15) is 22.5 Å². The van der Waals surface area contributed by atoms with Crippen LogP contribution in [0.5, 0.6) is 5.75 Å². The number of ether oxygens (including phenoxy) is 1. The van der Waals surface area contributed by atoms with Gasteiger partial charge in [0.05, 0.1) is 9.93 Å². The van der Waals surface area contributed by atoms with E-state index in [1.54, 1.807) is 66.7 Å². The van der Waals surface area contributed by atoms with Crippen LogP contribution in [-0.4, -0.2) is 26.2 Å². The van der Waals surface area contributed by atoms with Crippen LogP contribution < -0.4 is 4.74 Å². The number of benzene rings is 3. The van der Waals surface area contributed by atoms with Crippen LogP contribution in [0.15, 0.2) is 77.7 Å². The fourth-order valence-electron chi connectivity index (χ4n) is 3.38. The highest BCUT2D eigenvalue weighted by molar-refractivity contribution is 8.26. The molecule has 1 heterocycles. The van der Waals surface area contributed by atoms with Gasteiger partial charge in [-0.15, -0.1) is 0 Å². The topological polar surface area (TPSA) is 66.8 Å². The van der Waals surface area contributed by atoms with Crippen LogP contribution in [0, 0.1) is 5.82 Å². The monoisotopic (exact) mass is 513 g/mol. The van der Waals surface area contributed by atoms with Gasteiger partial charge in [0.25, 0.3) is 5.91 Å². The lowest BCUT2D eigenvalue weighted by Crippen LogP contribution is -2.37. The van der Waals surface area contributed by atoms with E-state index in [1.807, 2.05) is 0 Å². The zero-order valence-electron chi connectivity index (χ0n) is 17.5. The van der Waals surface area contributed by atoms with Crippen molar-refractivity contribution in [3.8, 4) is 5.75 Å². The average molecular weight is 514 g/mol. The number of carboxylic acid groups (broad SMARTS) is 1. The second-order valence-electron chi connectivity index (χ2n) is 7.26. The van der Waals surface area contributed by atoms with Crippen LogP contribution in [0.4, 0.5) is 4.39 Å². The summed E-state index contributed by atoms with van der Waals surface area (Å²) in [6.45, 7) is -0.0282. The first-order valence-electron chi connectivity index (χ1n) is 10.1. The molecule has 3 aromatic carbocycles. The van der Waals surface area contributed by atoms with Gasteiger partial charge in [0, 0.05) is 5.56 Å². The van der Waals surface area contributed by atoms with Crippen LogP contribution in [0.3, 0.4) is 0 Å². The standard InChI is InChI=1S/C25H17ClFNO4S2/c26-19-7-4-8-20(27)18(19)14-32-17-11-9-15(10-12-17)13-21-23(29)28(25(33)34-21)22(24(30)31)16-5-2-1-3-6-16/h1-13,22H,14H2,(H,30,31)/b21-13+. The summed E-state index contributed by atoms with van der Waals surface area (Å²) in [6.07, 6.45) is 1.64. The number of carbonyl (C=O) groups is 2. The molecular formula is C25H17ClFNO4S2. The molecule has 1 aliphatic heterocycles. The summed E-state index contributed by atoms with van der Waals surface area (Å²) in [5.74, 6) is -1.58. The molecule has 5 nitrogen and oxygen atoms in total. The first kappa shape index (κ1) is 23.9. The summed E-state index contributed by atoms with van der Waals surface area (Å²) < 4.78 is 19.7.